The van der Waals surface area contributed by atoms with Crippen molar-refractivity contribution in [2.24, 2.45) is 0 Å². The summed E-state index contributed by atoms with van der Waals surface area (Å²) in [6.07, 6.45) is 0. The van der Waals surface area contributed by atoms with Crippen LogP contribution in [0.15, 0.2) is 29.3 Å². The van der Waals surface area contributed by atoms with Crippen LogP contribution >= 0.6 is 0 Å². The maximum absolute atomic E-state index is 13.1. The van der Waals surface area contributed by atoms with Gasteiger partial charge in [0, 0.05) is 24.4 Å². The van der Waals surface area contributed by atoms with Crippen LogP contribution < -0.4 is 10.6 Å². The summed E-state index contributed by atoms with van der Waals surface area (Å²) >= 11 is 0. The van der Waals surface area contributed by atoms with E-state index in [4.69, 9.17) is 0 Å². The van der Waals surface area contributed by atoms with E-state index in [1.54, 1.807) is 19.1 Å². The Kier molecular flexibility index (Phi) is 3.24. The van der Waals surface area contributed by atoms with Crippen LogP contribution in [0, 0.1) is 12.7 Å². The molecule has 1 aliphatic heterocycles. The average Bonchev–Trinajstić information content (AvgIpc) is 2.21. The largest absolute Gasteiger partial charge is 0.322 e. The van der Waals surface area contributed by atoms with Gasteiger partial charge in [0.1, 0.15) is 5.82 Å². The first-order chi connectivity index (χ1) is 8.08. The number of aryl methyl sites for hydroxylation is 1. The maximum Gasteiger partial charge on any atom is 0.251 e. The van der Waals surface area contributed by atoms with Gasteiger partial charge in [-0.3, -0.25) is 4.79 Å². The van der Waals surface area contributed by atoms with Gasteiger partial charge >= 0.3 is 0 Å². The third kappa shape index (κ3) is 2.53. The molecule has 0 unspecified atom stereocenters. The van der Waals surface area contributed by atoms with Crippen molar-refractivity contribution in [1.82, 2.24) is 5.32 Å². The van der Waals surface area contributed by atoms with Crippen molar-refractivity contribution in [1.29, 1.82) is 0 Å². The number of halogens is 1. The lowest BCUT2D eigenvalue weighted by Gasteiger charge is -2.21. The van der Waals surface area contributed by atoms with E-state index in [2.05, 4.69) is 10.6 Å². The highest BCUT2D eigenvalue weighted by Gasteiger charge is 2.16. The number of carbonyl (C=O) groups is 1. The molecule has 4 heteroatoms. The molecular formula is C13H15FN2O. The van der Waals surface area contributed by atoms with Gasteiger partial charge in [0.2, 0.25) is 0 Å². The minimum atomic E-state index is -0.263. The number of carbonyl (C=O) groups excluding carboxylic acids is 1. The Labute approximate surface area is 99.7 Å². The Bertz CT molecular complexity index is 488. The van der Waals surface area contributed by atoms with Gasteiger partial charge in [0.15, 0.2) is 0 Å². The summed E-state index contributed by atoms with van der Waals surface area (Å²) in [5.74, 6) is -0.381. The van der Waals surface area contributed by atoms with Crippen LogP contribution in [0.25, 0.3) is 0 Å². The van der Waals surface area contributed by atoms with Gasteiger partial charge in [0.25, 0.3) is 5.91 Å². The third-order valence-electron chi connectivity index (χ3n) is 2.96. The lowest BCUT2D eigenvalue weighted by Crippen LogP contribution is -2.36. The van der Waals surface area contributed by atoms with Crippen molar-refractivity contribution < 1.29 is 9.18 Å². The molecule has 0 aromatic heterocycles. The molecule has 1 fully saturated rings. The lowest BCUT2D eigenvalue weighted by atomic mass is 10.0. The molecule has 2 rings (SSSR count). The molecule has 90 valence electrons. The molecule has 0 spiro atoms. The van der Waals surface area contributed by atoms with E-state index in [0.717, 1.165) is 24.2 Å². The summed E-state index contributed by atoms with van der Waals surface area (Å²) < 4.78 is 13.1. The Morgan fingerprint density at radius 1 is 1.41 bits per heavy atom. The zero-order valence-electron chi connectivity index (χ0n) is 9.93. The van der Waals surface area contributed by atoms with Gasteiger partial charge in [-0.2, -0.15) is 0 Å². The first kappa shape index (κ1) is 11.8. The highest BCUT2D eigenvalue weighted by molar-refractivity contribution is 6.04. The number of hydrogen-bond donors (Lipinski definition) is 2. The molecule has 1 saturated heterocycles. The predicted octanol–water partition coefficient (Wildman–Crippen LogP) is 1.99. The average molecular weight is 234 g/mol. The smallest absolute Gasteiger partial charge is 0.251 e. The fourth-order valence-corrected chi connectivity index (χ4v) is 1.62. The second kappa shape index (κ2) is 4.67. The summed E-state index contributed by atoms with van der Waals surface area (Å²) in [6, 6.07) is 4.56. The molecule has 1 heterocycles. The van der Waals surface area contributed by atoms with E-state index >= 15 is 0 Å². The number of benzene rings is 1. The second-order valence-electron chi connectivity index (χ2n) is 4.25. The SMILES string of the molecule is CC(C(=O)Nc1ccc(F)c(C)c1)=C1CNC1. The van der Waals surface area contributed by atoms with E-state index in [1.807, 2.05) is 6.92 Å². The molecule has 1 aromatic carbocycles. The summed E-state index contributed by atoms with van der Waals surface area (Å²) in [4.78, 5) is 11.9. The topological polar surface area (TPSA) is 41.1 Å². The van der Waals surface area contributed by atoms with Gasteiger partial charge in [-0.15, -0.1) is 0 Å². The molecule has 0 saturated carbocycles. The molecule has 0 aliphatic carbocycles. The van der Waals surface area contributed by atoms with Crippen molar-refractivity contribution in [3.8, 4) is 0 Å². The quantitative estimate of drug-likeness (QED) is 0.768. The van der Waals surface area contributed by atoms with Crippen LogP contribution in [0.3, 0.4) is 0 Å². The first-order valence-corrected chi connectivity index (χ1v) is 5.55. The Morgan fingerprint density at radius 2 is 2.12 bits per heavy atom. The normalized spacial score (nSPS) is 14.2. The van der Waals surface area contributed by atoms with Gasteiger partial charge < -0.3 is 10.6 Å². The summed E-state index contributed by atoms with van der Waals surface area (Å²) in [7, 11) is 0. The number of amides is 1. The minimum absolute atomic E-state index is 0.118. The van der Waals surface area contributed by atoms with Crippen molar-refractivity contribution in [3.05, 3.63) is 40.7 Å². The summed E-state index contributed by atoms with van der Waals surface area (Å²) in [5, 5.41) is 5.86. The zero-order chi connectivity index (χ0) is 12.4. The molecule has 0 atom stereocenters. The van der Waals surface area contributed by atoms with Gasteiger partial charge in [-0.05, 0) is 43.2 Å². The number of hydrogen-bond acceptors (Lipinski definition) is 2. The van der Waals surface area contributed by atoms with Crippen LogP contribution in [-0.4, -0.2) is 19.0 Å². The minimum Gasteiger partial charge on any atom is -0.322 e. The van der Waals surface area contributed by atoms with Crippen LogP contribution in [0.4, 0.5) is 10.1 Å². The lowest BCUT2D eigenvalue weighted by molar-refractivity contribution is -0.112. The monoisotopic (exact) mass is 234 g/mol. The van der Waals surface area contributed by atoms with Gasteiger partial charge in [-0.1, -0.05) is 0 Å². The standard InChI is InChI=1S/C13H15FN2O/c1-8-5-11(3-4-12(8)14)16-13(17)9(2)10-6-15-7-10/h3-5,15H,6-7H2,1-2H3,(H,16,17). The predicted molar refractivity (Wildman–Crippen MR) is 65.3 cm³/mol. The third-order valence-corrected chi connectivity index (χ3v) is 2.96. The Hall–Kier alpha value is -1.68. The number of nitrogens with one attached hydrogen (secondary N) is 2. The fourth-order valence-electron chi connectivity index (χ4n) is 1.62. The molecular weight excluding hydrogens is 219 g/mol. The van der Waals surface area contributed by atoms with Crippen LogP contribution in [0.1, 0.15) is 12.5 Å². The highest BCUT2D eigenvalue weighted by Crippen LogP contribution is 2.16. The number of rotatable bonds is 2. The second-order valence-corrected chi connectivity index (χ2v) is 4.25. The number of anilines is 1. The van der Waals surface area contributed by atoms with Crippen molar-refractivity contribution in [2.45, 2.75) is 13.8 Å². The van der Waals surface area contributed by atoms with E-state index in [0.29, 0.717) is 11.3 Å². The van der Waals surface area contributed by atoms with Gasteiger partial charge in [0.05, 0.1) is 0 Å². The highest BCUT2D eigenvalue weighted by atomic mass is 19.1. The summed E-state index contributed by atoms with van der Waals surface area (Å²) in [6.45, 7) is 5.04. The van der Waals surface area contributed by atoms with E-state index < -0.39 is 0 Å². The molecule has 1 amide bonds. The molecule has 2 N–H and O–H groups in total. The zero-order valence-corrected chi connectivity index (χ0v) is 9.93. The molecule has 0 radical (unpaired) electrons. The fraction of sp³-hybridized carbons (Fsp3) is 0.308. The van der Waals surface area contributed by atoms with E-state index in [9.17, 15) is 9.18 Å². The molecule has 3 nitrogen and oxygen atoms in total. The van der Waals surface area contributed by atoms with Crippen molar-refractivity contribution >= 4 is 11.6 Å². The van der Waals surface area contributed by atoms with Crippen LogP contribution in [0.2, 0.25) is 0 Å². The van der Waals surface area contributed by atoms with E-state index in [1.165, 1.54) is 6.07 Å². The van der Waals surface area contributed by atoms with Crippen LogP contribution in [-0.2, 0) is 4.79 Å². The molecule has 1 aromatic rings. The Balaban J connectivity index is 2.10. The first-order valence-electron chi connectivity index (χ1n) is 5.55. The molecule has 0 bridgehead atoms. The van der Waals surface area contributed by atoms with Crippen molar-refractivity contribution in [2.75, 3.05) is 18.4 Å². The van der Waals surface area contributed by atoms with E-state index in [-0.39, 0.29) is 11.7 Å². The van der Waals surface area contributed by atoms with Crippen molar-refractivity contribution in [3.63, 3.8) is 0 Å². The maximum atomic E-state index is 13.1. The molecule has 17 heavy (non-hydrogen) atoms. The Morgan fingerprint density at radius 3 is 2.65 bits per heavy atom. The van der Waals surface area contributed by atoms with Gasteiger partial charge in [-0.25, -0.2) is 4.39 Å². The van der Waals surface area contributed by atoms with Crippen LogP contribution in [0.5, 0.6) is 0 Å². The summed E-state index contributed by atoms with van der Waals surface area (Å²) in [5.41, 5.74) is 3.02. The molecule has 1 aliphatic rings.